The summed E-state index contributed by atoms with van der Waals surface area (Å²) in [6, 6.07) is 0. The van der Waals surface area contributed by atoms with E-state index >= 15 is 0 Å². The van der Waals surface area contributed by atoms with E-state index in [0.29, 0.717) is 18.4 Å². The van der Waals surface area contributed by atoms with Gasteiger partial charge >= 0.3 is 0 Å². The van der Waals surface area contributed by atoms with Crippen molar-refractivity contribution in [2.45, 2.75) is 86.4 Å². The fourth-order valence-corrected chi connectivity index (χ4v) is 2.39. The molecule has 0 radical (unpaired) electrons. The molecule has 2 heteroatoms. The average molecular weight is 311 g/mol. The quantitative estimate of drug-likeness (QED) is 0.361. The highest BCUT2D eigenvalue weighted by Gasteiger charge is 2.11. The number of allylic oxidation sites excluding steroid dienone is 4. The van der Waals surface area contributed by atoms with E-state index in [-0.39, 0.29) is 0 Å². The van der Waals surface area contributed by atoms with Crippen molar-refractivity contribution in [2.75, 3.05) is 6.61 Å². The van der Waals surface area contributed by atoms with Gasteiger partial charge in [-0.05, 0) is 71.6 Å². The van der Waals surface area contributed by atoms with Crippen LogP contribution in [0.2, 0.25) is 0 Å². The smallest absolute Gasteiger partial charge is 0.154 e. The predicted octanol–water partition coefficient (Wildman–Crippen LogP) is 5.87. The van der Waals surface area contributed by atoms with Crippen LogP contribution in [0, 0.1) is 11.8 Å². The lowest BCUT2D eigenvalue weighted by Crippen LogP contribution is -2.17. The Bertz CT molecular complexity index is 323. The average Bonchev–Trinajstić information content (AvgIpc) is 2.37. The van der Waals surface area contributed by atoms with Crippen molar-refractivity contribution in [1.29, 1.82) is 0 Å². The van der Waals surface area contributed by atoms with Crippen molar-refractivity contribution in [2.24, 2.45) is 11.8 Å². The highest BCUT2D eigenvalue weighted by molar-refractivity contribution is 4.93. The van der Waals surface area contributed by atoms with Gasteiger partial charge in [-0.1, -0.05) is 37.1 Å². The van der Waals surface area contributed by atoms with Gasteiger partial charge < -0.3 is 9.84 Å². The molecule has 0 aliphatic carbocycles. The summed E-state index contributed by atoms with van der Waals surface area (Å²) in [5.41, 5.74) is 2.76. The lowest BCUT2D eigenvalue weighted by Gasteiger charge is -2.18. The fraction of sp³-hybridized carbons (Fsp3) is 0.800. The van der Waals surface area contributed by atoms with Gasteiger partial charge in [-0.2, -0.15) is 0 Å². The van der Waals surface area contributed by atoms with Crippen LogP contribution in [0.3, 0.4) is 0 Å². The van der Waals surface area contributed by atoms with Crippen molar-refractivity contribution >= 4 is 0 Å². The normalized spacial score (nSPS) is 15.0. The molecule has 0 saturated heterocycles. The van der Waals surface area contributed by atoms with Crippen LogP contribution in [0.1, 0.15) is 80.1 Å². The molecular weight excluding hydrogens is 272 g/mol. The van der Waals surface area contributed by atoms with Gasteiger partial charge in [0, 0.05) is 13.0 Å². The molecule has 0 bridgehead atoms. The van der Waals surface area contributed by atoms with E-state index in [2.05, 4.69) is 53.7 Å². The van der Waals surface area contributed by atoms with E-state index in [1.54, 1.807) is 0 Å². The highest BCUT2D eigenvalue weighted by Crippen LogP contribution is 2.16. The van der Waals surface area contributed by atoms with Crippen LogP contribution in [0.25, 0.3) is 0 Å². The van der Waals surface area contributed by atoms with E-state index in [9.17, 15) is 5.11 Å². The van der Waals surface area contributed by atoms with Crippen molar-refractivity contribution in [3.8, 4) is 0 Å². The molecule has 2 nitrogen and oxygen atoms in total. The minimum atomic E-state index is -0.605. The summed E-state index contributed by atoms with van der Waals surface area (Å²) < 4.78 is 5.56. The van der Waals surface area contributed by atoms with Crippen LogP contribution >= 0.6 is 0 Å². The van der Waals surface area contributed by atoms with Gasteiger partial charge in [0.1, 0.15) is 0 Å². The Kier molecular flexibility index (Phi) is 12.5. The second-order valence-electron chi connectivity index (χ2n) is 7.28. The summed E-state index contributed by atoms with van der Waals surface area (Å²) >= 11 is 0. The van der Waals surface area contributed by atoms with Crippen LogP contribution in [0.15, 0.2) is 23.3 Å². The monoisotopic (exact) mass is 310 g/mol. The van der Waals surface area contributed by atoms with Crippen LogP contribution in [0.4, 0.5) is 0 Å². The maximum Gasteiger partial charge on any atom is 0.154 e. The number of rotatable bonds is 12. The minimum absolute atomic E-state index is 0.501. The Morgan fingerprint density at radius 2 is 1.36 bits per heavy atom. The van der Waals surface area contributed by atoms with Crippen LogP contribution in [-0.2, 0) is 4.74 Å². The highest BCUT2D eigenvalue weighted by atomic mass is 16.6. The Labute approximate surface area is 138 Å². The summed E-state index contributed by atoms with van der Waals surface area (Å²) in [6.07, 6.45) is 10.3. The maximum atomic E-state index is 9.94. The summed E-state index contributed by atoms with van der Waals surface area (Å²) in [5, 5.41) is 9.94. The molecule has 0 fully saturated rings. The number of hydrogen-bond donors (Lipinski definition) is 1. The molecule has 0 amide bonds. The SMILES string of the molecule is CC(C)=CCCC(C)CCOC(O)CC(C)CCC=C(C)C. The summed E-state index contributed by atoms with van der Waals surface area (Å²) in [6.45, 7) is 13.6. The molecule has 0 aromatic heterocycles. The van der Waals surface area contributed by atoms with Crippen molar-refractivity contribution < 1.29 is 9.84 Å². The molecule has 0 saturated carbocycles. The van der Waals surface area contributed by atoms with E-state index < -0.39 is 6.29 Å². The molecule has 0 aromatic carbocycles. The van der Waals surface area contributed by atoms with E-state index in [1.807, 2.05) is 0 Å². The molecular formula is C20H38O2. The van der Waals surface area contributed by atoms with Gasteiger partial charge in [-0.25, -0.2) is 0 Å². The first-order chi connectivity index (χ1) is 10.3. The molecule has 3 unspecified atom stereocenters. The first kappa shape index (κ1) is 21.4. The standard InChI is InChI=1S/C20H38O2/c1-16(2)9-7-11-18(5)13-14-22-20(21)15-19(6)12-8-10-17(3)4/h9-10,18-21H,7-8,11-15H2,1-6H3. The third kappa shape index (κ3) is 14.3. The van der Waals surface area contributed by atoms with Gasteiger partial charge in [-0.15, -0.1) is 0 Å². The van der Waals surface area contributed by atoms with Crippen molar-refractivity contribution in [1.82, 2.24) is 0 Å². The van der Waals surface area contributed by atoms with Gasteiger partial charge in [0.05, 0.1) is 0 Å². The maximum absolute atomic E-state index is 9.94. The van der Waals surface area contributed by atoms with Gasteiger partial charge in [-0.3, -0.25) is 0 Å². The van der Waals surface area contributed by atoms with Gasteiger partial charge in [0.2, 0.25) is 0 Å². The first-order valence-electron chi connectivity index (χ1n) is 8.87. The number of aliphatic hydroxyl groups is 1. The molecule has 1 N–H and O–H groups in total. The topological polar surface area (TPSA) is 29.5 Å². The molecule has 0 aliphatic rings. The number of hydrogen-bond acceptors (Lipinski definition) is 2. The first-order valence-corrected chi connectivity index (χ1v) is 8.87. The molecule has 3 atom stereocenters. The second-order valence-corrected chi connectivity index (χ2v) is 7.28. The molecule has 0 aromatic rings. The Balaban J connectivity index is 3.69. The number of ether oxygens (including phenoxy) is 1. The van der Waals surface area contributed by atoms with E-state index in [1.165, 1.54) is 17.6 Å². The Morgan fingerprint density at radius 1 is 0.864 bits per heavy atom. The minimum Gasteiger partial charge on any atom is -0.368 e. The van der Waals surface area contributed by atoms with Crippen molar-refractivity contribution in [3.05, 3.63) is 23.3 Å². The third-order valence-electron chi connectivity index (χ3n) is 3.95. The predicted molar refractivity (Wildman–Crippen MR) is 96.9 cm³/mol. The van der Waals surface area contributed by atoms with Crippen LogP contribution in [-0.4, -0.2) is 18.0 Å². The van der Waals surface area contributed by atoms with E-state index in [4.69, 9.17) is 4.74 Å². The molecule has 0 spiro atoms. The molecule has 0 rings (SSSR count). The Morgan fingerprint density at radius 3 is 1.86 bits per heavy atom. The summed E-state index contributed by atoms with van der Waals surface area (Å²) in [4.78, 5) is 0. The molecule has 0 heterocycles. The van der Waals surface area contributed by atoms with Crippen LogP contribution < -0.4 is 0 Å². The summed E-state index contributed by atoms with van der Waals surface area (Å²) in [5.74, 6) is 1.15. The zero-order valence-electron chi connectivity index (χ0n) is 15.7. The third-order valence-corrected chi connectivity index (χ3v) is 3.95. The van der Waals surface area contributed by atoms with Gasteiger partial charge in [0.15, 0.2) is 6.29 Å². The molecule has 22 heavy (non-hydrogen) atoms. The zero-order valence-corrected chi connectivity index (χ0v) is 15.7. The molecule has 0 aliphatic heterocycles. The fourth-order valence-electron chi connectivity index (χ4n) is 2.39. The Hall–Kier alpha value is -0.600. The van der Waals surface area contributed by atoms with Crippen LogP contribution in [0.5, 0.6) is 0 Å². The summed E-state index contributed by atoms with van der Waals surface area (Å²) in [7, 11) is 0. The van der Waals surface area contributed by atoms with E-state index in [0.717, 1.165) is 32.1 Å². The largest absolute Gasteiger partial charge is 0.368 e. The molecule has 130 valence electrons. The van der Waals surface area contributed by atoms with Gasteiger partial charge in [0.25, 0.3) is 0 Å². The zero-order chi connectivity index (χ0) is 17.0. The van der Waals surface area contributed by atoms with Crippen molar-refractivity contribution in [3.63, 3.8) is 0 Å². The lowest BCUT2D eigenvalue weighted by molar-refractivity contribution is -0.113. The second kappa shape index (κ2) is 12.9. The lowest BCUT2D eigenvalue weighted by atomic mass is 10.0. The number of aliphatic hydroxyl groups excluding tert-OH is 1.